The first-order chi connectivity index (χ1) is 17.0. The fourth-order valence-corrected chi connectivity index (χ4v) is 3.40. The van der Waals surface area contributed by atoms with Gasteiger partial charge < -0.3 is 43.2 Å². The lowest BCUT2D eigenvalue weighted by atomic mass is 9.97. The van der Waals surface area contributed by atoms with Gasteiger partial charge in [0.2, 0.25) is 17.7 Å². The molecule has 1 aromatic rings. The summed E-state index contributed by atoms with van der Waals surface area (Å²) in [6, 6.07) is -4.27. The molecular formula is C21H37N9O5S. The molecule has 5 atom stereocenters. The third-order valence-electron chi connectivity index (χ3n) is 5.51. The minimum Gasteiger partial charge on any atom is -0.480 e. The molecular weight excluding hydrogens is 490 g/mol. The molecule has 0 saturated heterocycles. The summed E-state index contributed by atoms with van der Waals surface area (Å²) in [5.41, 5.74) is 17.1. The number of rotatable bonds is 16. The smallest absolute Gasteiger partial charge is 0.327 e. The Labute approximate surface area is 215 Å². The summed E-state index contributed by atoms with van der Waals surface area (Å²) in [5.74, 6) is -3.62. The van der Waals surface area contributed by atoms with Crippen molar-refractivity contribution in [1.29, 1.82) is 0 Å². The highest BCUT2D eigenvalue weighted by Crippen LogP contribution is 2.10. The van der Waals surface area contributed by atoms with E-state index >= 15 is 0 Å². The van der Waals surface area contributed by atoms with Crippen LogP contribution in [0.4, 0.5) is 0 Å². The van der Waals surface area contributed by atoms with Crippen LogP contribution in [0.1, 0.15) is 38.8 Å². The lowest BCUT2D eigenvalue weighted by Crippen LogP contribution is -2.59. The summed E-state index contributed by atoms with van der Waals surface area (Å²) in [7, 11) is 0. The Morgan fingerprint density at radius 1 is 1.14 bits per heavy atom. The number of hydrogen-bond donors (Lipinski definition) is 9. The second-order valence-electron chi connectivity index (χ2n) is 8.35. The van der Waals surface area contributed by atoms with Crippen LogP contribution in [0.3, 0.4) is 0 Å². The highest BCUT2D eigenvalue weighted by Gasteiger charge is 2.32. The number of imidazole rings is 1. The van der Waals surface area contributed by atoms with Crippen molar-refractivity contribution in [2.75, 3.05) is 12.3 Å². The van der Waals surface area contributed by atoms with E-state index in [9.17, 15) is 24.3 Å². The highest BCUT2D eigenvalue weighted by molar-refractivity contribution is 7.80. The molecule has 0 saturated carbocycles. The number of aliphatic imine (C=N–C) groups is 1. The average Bonchev–Trinajstić information content (AvgIpc) is 3.34. The molecule has 5 unspecified atom stereocenters. The van der Waals surface area contributed by atoms with Crippen LogP contribution in [0, 0.1) is 5.92 Å². The molecule has 0 fully saturated rings. The van der Waals surface area contributed by atoms with Crippen molar-refractivity contribution in [3.8, 4) is 0 Å². The number of nitrogens with zero attached hydrogens (tertiary/aromatic N) is 2. The zero-order valence-corrected chi connectivity index (χ0v) is 21.3. The molecule has 15 heteroatoms. The number of aliphatic carboxylic acids is 1. The number of aromatic nitrogens is 2. The van der Waals surface area contributed by atoms with Crippen molar-refractivity contribution in [1.82, 2.24) is 25.9 Å². The second kappa shape index (κ2) is 15.6. The van der Waals surface area contributed by atoms with Crippen LogP contribution in [-0.2, 0) is 25.6 Å². The van der Waals surface area contributed by atoms with Crippen molar-refractivity contribution in [3.05, 3.63) is 18.2 Å². The predicted octanol–water partition coefficient (Wildman–Crippen LogP) is -2.15. The maximum Gasteiger partial charge on any atom is 0.327 e. The number of nitrogens with one attached hydrogen (secondary N) is 4. The number of thiol groups is 1. The Morgan fingerprint density at radius 2 is 1.81 bits per heavy atom. The normalized spacial score (nSPS) is 15.0. The van der Waals surface area contributed by atoms with Gasteiger partial charge in [-0.15, -0.1) is 0 Å². The fraction of sp³-hybridized carbons (Fsp3) is 0.619. The van der Waals surface area contributed by atoms with Crippen LogP contribution >= 0.6 is 12.6 Å². The number of aromatic amines is 1. The first-order valence-electron chi connectivity index (χ1n) is 11.5. The van der Waals surface area contributed by atoms with Crippen molar-refractivity contribution >= 4 is 42.3 Å². The van der Waals surface area contributed by atoms with Gasteiger partial charge in [0.25, 0.3) is 0 Å². The van der Waals surface area contributed by atoms with Crippen molar-refractivity contribution in [3.63, 3.8) is 0 Å². The van der Waals surface area contributed by atoms with Gasteiger partial charge >= 0.3 is 5.97 Å². The molecule has 0 aliphatic carbocycles. The number of amides is 3. The van der Waals surface area contributed by atoms with Crippen molar-refractivity contribution in [2.45, 2.75) is 63.7 Å². The number of carboxylic acids is 1. The van der Waals surface area contributed by atoms with Crippen molar-refractivity contribution in [2.24, 2.45) is 28.1 Å². The quantitative estimate of drug-likeness (QED) is 0.0491. The number of hydrogen-bond acceptors (Lipinski definition) is 8. The Balaban J connectivity index is 2.98. The number of nitrogens with two attached hydrogens (primary N) is 3. The standard InChI is InChI=1S/C21H37N9O5S/c1-3-11(2)16(19(33)29-15(9-36)20(34)35)30-18(32)14(7-12-8-25-10-27-12)28-17(31)13(22)5-4-6-26-21(23)24/h8,10-11,13-16,36H,3-7,9,22H2,1-2H3,(H,25,27)(H,28,31)(H,29,33)(H,30,32)(H,34,35)(H4,23,24,26). The van der Waals surface area contributed by atoms with Crippen LogP contribution in [0.25, 0.3) is 0 Å². The van der Waals surface area contributed by atoms with Gasteiger partial charge in [0, 0.05) is 30.6 Å². The van der Waals surface area contributed by atoms with E-state index in [1.54, 1.807) is 6.92 Å². The minimum absolute atomic E-state index is 0.0571. The van der Waals surface area contributed by atoms with Gasteiger partial charge in [-0.3, -0.25) is 19.4 Å². The second-order valence-corrected chi connectivity index (χ2v) is 8.72. The van der Waals surface area contributed by atoms with E-state index in [1.165, 1.54) is 12.5 Å². The number of carboxylic acid groups (broad SMARTS) is 1. The van der Waals surface area contributed by atoms with Gasteiger partial charge in [-0.25, -0.2) is 9.78 Å². The maximum absolute atomic E-state index is 13.2. The Morgan fingerprint density at radius 3 is 2.33 bits per heavy atom. The van der Waals surface area contributed by atoms with Crippen LogP contribution in [0.15, 0.2) is 17.5 Å². The molecule has 0 aromatic carbocycles. The summed E-state index contributed by atoms with van der Waals surface area (Å²) < 4.78 is 0. The van der Waals surface area contributed by atoms with Crippen molar-refractivity contribution < 1.29 is 24.3 Å². The number of guanidine groups is 1. The fourth-order valence-electron chi connectivity index (χ4n) is 3.16. The SMILES string of the molecule is CCC(C)C(NC(=O)C(Cc1cnc[nH]1)NC(=O)C(N)CCCN=C(N)N)C(=O)NC(CS)C(=O)O. The number of H-pyrrole nitrogens is 1. The Kier molecular flexibility index (Phi) is 13.3. The van der Waals surface area contributed by atoms with Gasteiger partial charge in [0.1, 0.15) is 18.1 Å². The largest absolute Gasteiger partial charge is 0.480 e. The van der Waals surface area contributed by atoms with E-state index in [4.69, 9.17) is 17.2 Å². The van der Waals surface area contributed by atoms with E-state index < -0.39 is 47.9 Å². The molecule has 0 aliphatic heterocycles. The van der Waals surface area contributed by atoms with Crippen LogP contribution in [0.5, 0.6) is 0 Å². The molecule has 1 rings (SSSR count). The molecule has 202 valence electrons. The molecule has 1 aromatic heterocycles. The zero-order chi connectivity index (χ0) is 27.3. The number of carbonyl (C=O) groups is 4. The van der Waals surface area contributed by atoms with E-state index in [0.29, 0.717) is 25.1 Å². The lowest BCUT2D eigenvalue weighted by molar-refractivity contribution is -0.142. The Bertz CT molecular complexity index is 892. The molecule has 0 spiro atoms. The van der Waals surface area contributed by atoms with E-state index in [2.05, 4.69) is 43.5 Å². The summed E-state index contributed by atoms with van der Waals surface area (Å²) >= 11 is 3.95. The predicted molar refractivity (Wildman–Crippen MR) is 137 cm³/mol. The van der Waals surface area contributed by atoms with Gasteiger partial charge in [0.05, 0.1) is 12.4 Å². The zero-order valence-electron chi connectivity index (χ0n) is 20.4. The molecule has 0 radical (unpaired) electrons. The summed E-state index contributed by atoms with van der Waals surface area (Å²) in [4.78, 5) is 60.7. The summed E-state index contributed by atoms with van der Waals surface area (Å²) in [5, 5.41) is 16.9. The molecule has 36 heavy (non-hydrogen) atoms. The van der Waals surface area contributed by atoms with Crippen LogP contribution in [0.2, 0.25) is 0 Å². The molecule has 11 N–H and O–H groups in total. The highest BCUT2D eigenvalue weighted by atomic mass is 32.1. The maximum atomic E-state index is 13.2. The summed E-state index contributed by atoms with van der Waals surface area (Å²) in [6.45, 7) is 3.88. The molecule has 3 amide bonds. The molecule has 1 heterocycles. The molecule has 0 bridgehead atoms. The average molecular weight is 528 g/mol. The molecule has 14 nitrogen and oxygen atoms in total. The van der Waals surface area contributed by atoms with Gasteiger partial charge in [-0.2, -0.15) is 12.6 Å². The van der Waals surface area contributed by atoms with Gasteiger partial charge in [0.15, 0.2) is 5.96 Å². The van der Waals surface area contributed by atoms with Crippen LogP contribution < -0.4 is 33.2 Å². The van der Waals surface area contributed by atoms with Gasteiger partial charge in [-0.1, -0.05) is 20.3 Å². The van der Waals surface area contributed by atoms with Crippen LogP contribution in [-0.4, -0.2) is 81.2 Å². The first kappa shape index (κ1) is 30.7. The third-order valence-corrected chi connectivity index (χ3v) is 5.87. The Hall–Kier alpha value is -3.33. The first-order valence-corrected chi connectivity index (χ1v) is 12.2. The third kappa shape index (κ3) is 10.5. The lowest BCUT2D eigenvalue weighted by Gasteiger charge is -2.27. The topological polar surface area (TPSA) is 244 Å². The molecule has 0 aliphatic rings. The monoisotopic (exact) mass is 527 g/mol. The van der Waals surface area contributed by atoms with Gasteiger partial charge in [-0.05, 0) is 18.8 Å². The van der Waals surface area contributed by atoms with E-state index in [1.807, 2.05) is 6.92 Å². The van der Waals surface area contributed by atoms with E-state index in [0.717, 1.165) is 0 Å². The summed E-state index contributed by atoms with van der Waals surface area (Å²) in [6.07, 6.45) is 4.25. The number of carbonyl (C=O) groups excluding carboxylic acids is 3. The van der Waals surface area contributed by atoms with E-state index in [-0.39, 0.29) is 30.5 Å². The minimum atomic E-state index is -1.24.